The molecule has 2 amide bonds. The van der Waals surface area contributed by atoms with Crippen molar-refractivity contribution in [2.45, 2.75) is 6.04 Å². The van der Waals surface area contributed by atoms with E-state index in [0.29, 0.717) is 11.1 Å². The molecule has 2 aromatic rings. The van der Waals surface area contributed by atoms with Crippen LogP contribution in [0.4, 0.5) is 5.69 Å². The van der Waals surface area contributed by atoms with Crippen LogP contribution in [-0.2, 0) is 4.79 Å². The van der Waals surface area contributed by atoms with Gasteiger partial charge < -0.3 is 11.1 Å². The van der Waals surface area contributed by atoms with Crippen LogP contribution < -0.4 is 16.5 Å². The minimum Gasteiger partial charge on any atom is -0.339 e. The number of hydrogen-bond acceptors (Lipinski definition) is 6. The van der Waals surface area contributed by atoms with E-state index in [2.05, 4.69) is 5.32 Å². The summed E-state index contributed by atoms with van der Waals surface area (Å²) in [6.07, 6.45) is 0. The Balaban J connectivity index is 2.16. The molecule has 0 saturated carbocycles. The topological polar surface area (TPSA) is 148 Å². The summed E-state index contributed by atoms with van der Waals surface area (Å²) < 4.78 is 0. The fourth-order valence-corrected chi connectivity index (χ4v) is 2.16. The van der Waals surface area contributed by atoms with Crippen LogP contribution in [0.2, 0.25) is 0 Å². The number of nitro groups is 1. The second-order valence-electron chi connectivity index (χ2n) is 5.12. The maximum absolute atomic E-state index is 12.1. The molecule has 0 aromatic heterocycles. The number of nitrogens with two attached hydrogens (primary N) is 1. The number of hydrogen-bond donors (Lipinski definition) is 4. The number of rotatable bonds is 6. The van der Waals surface area contributed by atoms with Crippen molar-refractivity contribution < 1.29 is 19.7 Å². The number of benzene rings is 2. The first-order valence-corrected chi connectivity index (χ1v) is 7.26. The average molecular weight is 344 g/mol. The lowest BCUT2D eigenvalue weighted by atomic mass is 10.0. The summed E-state index contributed by atoms with van der Waals surface area (Å²) in [6.45, 7) is -0.177. The Morgan fingerprint density at radius 2 is 1.84 bits per heavy atom. The van der Waals surface area contributed by atoms with E-state index >= 15 is 0 Å². The number of carbonyl (C=O) groups excluding carboxylic acids is 2. The first-order valence-electron chi connectivity index (χ1n) is 7.26. The summed E-state index contributed by atoms with van der Waals surface area (Å²) in [4.78, 5) is 33.8. The Bertz CT molecular complexity index is 791. The summed E-state index contributed by atoms with van der Waals surface area (Å²) in [5.74, 6) is -1.35. The van der Waals surface area contributed by atoms with Gasteiger partial charge in [-0.05, 0) is 23.3 Å². The van der Waals surface area contributed by atoms with Crippen LogP contribution in [0.25, 0.3) is 11.1 Å². The zero-order chi connectivity index (χ0) is 18.4. The quantitative estimate of drug-likeness (QED) is 0.346. The van der Waals surface area contributed by atoms with Crippen LogP contribution in [0.5, 0.6) is 0 Å². The summed E-state index contributed by atoms with van der Waals surface area (Å²) in [5, 5.41) is 21.8. The lowest BCUT2D eigenvalue weighted by Crippen LogP contribution is -2.50. The van der Waals surface area contributed by atoms with Crippen molar-refractivity contribution in [1.29, 1.82) is 0 Å². The van der Waals surface area contributed by atoms with Gasteiger partial charge in [0.05, 0.1) is 4.92 Å². The van der Waals surface area contributed by atoms with E-state index in [1.54, 1.807) is 24.3 Å². The van der Waals surface area contributed by atoms with E-state index in [1.165, 1.54) is 29.7 Å². The predicted octanol–water partition coefficient (Wildman–Crippen LogP) is 0.824. The molecule has 0 bridgehead atoms. The summed E-state index contributed by atoms with van der Waals surface area (Å²) in [6, 6.07) is 11.4. The molecule has 0 saturated heterocycles. The van der Waals surface area contributed by atoms with E-state index in [1.807, 2.05) is 0 Å². The molecule has 130 valence electrons. The van der Waals surface area contributed by atoms with Crippen molar-refractivity contribution in [3.8, 4) is 11.1 Å². The largest absolute Gasteiger partial charge is 0.339 e. The Kier molecular flexibility index (Phi) is 5.77. The van der Waals surface area contributed by atoms with E-state index < -0.39 is 22.8 Å². The van der Waals surface area contributed by atoms with Gasteiger partial charge in [0.15, 0.2) is 0 Å². The monoisotopic (exact) mass is 344 g/mol. The van der Waals surface area contributed by atoms with Crippen molar-refractivity contribution >= 4 is 17.5 Å². The van der Waals surface area contributed by atoms with Crippen LogP contribution in [0.15, 0.2) is 48.5 Å². The third-order valence-electron chi connectivity index (χ3n) is 3.51. The average Bonchev–Trinajstić information content (AvgIpc) is 2.65. The molecule has 0 spiro atoms. The van der Waals surface area contributed by atoms with Crippen LogP contribution in [-0.4, -0.2) is 34.5 Å². The number of carbonyl (C=O) groups is 2. The highest BCUT2D eigenvalue weighted by molar-refractivity contribution is 5.97. The Morgan fingerprint density at radius 3 is 2.40 bits per heavy atom. The normalized spacial score (nSPS) is 11.4. The van der Waals surface area contributed by atoms with Crippen LogP contribution in [0, 0.1) is 10.1 Å². The molecule has 0 radical (unpaired) electrons. The van der Waals surface area contributed by atoms with Crippen molar-refractivity contribution in [2.24, 2.45) is 5.73 Å². The number of hydroxylamine groups is 1. The third kappa shape index (κ3) is 4.37. The lowest BCUT2D eigenvalue weighted by molar-refractivity contribution is -0.384. The van der Waals surface area contributed by atoms with Gasteiger partial charge in [0.25, 0.3) is 17.5 Å². The fourth-order valence-electron chi connectivity index (χ4n) is 2.16. The Hall–Kier alpha value is -3.30. The molecule has 0 aliphatic rings. The van der Waals surface area contributed by atoms with Gasteiger partial charge in [-0.25, -0.2) is 5.48 Å². The SMILES string of the molecule is NC[C@H](NC(=O)c1ccc(-c2cccc([N+](=O)[O-])c2)cc1)C(=O)NO. The molecule has 0 heterocycles. The smallest absolute Gasteiger partial charge is 0.270 e. The van der Waals surface area contributed by atoms with E-state index in [-0.39, 0.29) is 17.8 Å². The number of non-ortho nitro benzene ring substituents is 1. The summed E-state index contributed by atoms with van der Waals surface area (Å²) >= 11 is 0. The molecule has 25 heavy (non-hydrogen) atoms. The highest BCUT2D eigenvalue weighted by Crippen LogP contribution is 2.24. The summed E-state index contributed by atoms with van der Waals surface area (Å²) in [5.41, 5.74) is 8.39. The van der Waals surface area contributed by atoms with Crippen LogP contribution in [0.3, 0.4) is 0 Å². The second kappa shape index (κ2) is 7.99. The molecular weight excluding hydrogens is 328 g/mol. The van der Waals surface area contributed by atoms with Gasteiger partial charge in [-0.15, -0.1) is 0 Å². The molecule has 2 aromatic carbocycles. The molecular formula is C16H16N4O5. The van der Waals surface area contributed by atoms with Crippen LogP contribution >= 0.6 is 0 Å². The molecule has 0 fully saturated rings. The van der Waals surface area contributed by atoms with Crippen molar-refractivity contribution in [2.75, 3.05) is 6.54 Å². The number of amides is 2. The predicted molar refractivity (Wildman–Crippen MR) is 88.8 cm³/mol. The minimum atomic E-state index is -1.06. The van der Waals surface area contributed by atoms with E-state index in [9.17, 15) is 19.7 Å². The highest BCUT2D eigenvalue weighted by Gasteiger charge is 2.19. The van der Waals surface area contributed by atoms with E-state index in [4.69, 9.17) is 10.9 Å². The standard InChI is InChI=1S/C16H16N4O5/c17-9-14(16(22)19-23)18-15(21)11-6-4-10(5-7-11)12-2-1-3-13(8-12)20(24)25/h1-8,14,23H,9,17H2,(H,18,21)(H,19,22)/t14-/m0/s1. The van der Waals surface area contributed by atoms with Gasteiger partial charge in [0.1, 0.15) is 6.04 Å². The van der Waals surface area contributed by atoms with Gasteiger partial charge >= 0.3 is 0 Å². The Labute approximate surface area is 142 Å². The minimum absolute atomic E-state index is 0.0277. The molecule has 0 aliphatic carbocycles. The molecule has 0 unspecified atom stereocenters. The van der Waals surface area contributed by atoms with E-state index in [0.717, 1.165) is 0 Å². The van der Waals surface area contributed by atoms with Crippen LogP contribution in [0.1, 0.15) is 10.4 Å². The number of nitrogens with zero attached hydrogens (tertiary/aromatic N) is 1. The second-order valence-corrected chi connectivity index (χ2v) is 5.12. The number of nitro benzene ring substituents is 1. The zero-order valence-electron chi connectivity index (χ0n) is 13.0. The van der Waals surface area contributed by atoms with Gasteiger partial charge in [-0.2, -0.15) is 0 Å². The molecule has 2 rings (SSSR count). The lowest BCUT2D eigenvalue weighted by Gasteiger charge is -2.14. The van der Waals surface area contributed by atoms with Gasteiger partial charge in [0, 0.05) is 24.2 Å². The van der Waals surface area contributed by atoms with Crippen molar-refractivity contribution in [3.05, 3.63) is 64.2 Å². The Morgan fingerprint density at radius 1 is 1.16 bits per heavy atom. The molecule has 1 atom stereocenters. The number of nitrogens with one attached hydrogen (secondary N) is 2. The first-order chi connectivity index (χ1) is 12.0. The van der Waals surface area contributed by atoms with Crippen molar-refractivity contribution in [1.82, 2.24) is 10.8 Å². The molecule has 5 N–H and O–H groups in total. The molecule has 0 aliphatic heterocycles. The molecule has 9 heteroatoms. The molecule has 9 nitrogen and oxygen atoms in total. The van der Waals surface area contributed by atoms with Gasteiger partial charge in [-0.1, -0.05) is 24.3 Å². The van der Waals surface area contributed by atoms with Gasteiger partial charge in [0.2, 0.25) is 0 Å². The van der Waals surface area contributed by atoms with Crippen molar-refractivity contribution in [3.63, 3.8) is 0 Å². The highest BCUT2D eigenvalue weighted by atomic mass is 16.6. The summed E-state index contributed by atoms with van der Waals surface area (Å²) in [7, 11) is 0. The first kappa shape index (κ1) is 18.0. The maximum Gasteiger partial charge on any atom is 0.270 e. The fraction of sp³-hybridized carbons (Fsp3) is 0.125. The third-order valence-corrected chi connectivity index (χ3v) is 3.51. The maximum atomic E-state index is 12.1. The van der Waals surface area contributed by atoms with Gasteiger partial charge in [-0.3, -0.25) is 24.9 Å². The zero-order valence-corrected chi connectivity index (χ0v) is 13.0.